The third-order valence-corrected chi connectivity index (χ3v) is 2.85. The van der Waals surface area contributed by atoms with E-state index in [4.69, 9.17) is 16.0 Å². The van der Waals surface area contributed by atoms with Crippen LogP contribution in [0.2, 0.25) is 0 Å². The van der Waals surface area contributed by atoms with E-state index in [2.05, 4.69) is 26.1 Å². The van der Waals surface area contributed by atoms with E-state index in [0.29, 0.717) is 11.8 Å². The van der Waals surface area contributed by atoms with Crippen LogP contribution in [0.3, 0.4) is 0 Å². The highest BCUT2D eigenvalue weighted by molar-refractivity contribution is 9.10. The van der Waals surface area contributed by atoms with Crippen LogP contribution in [0.1, 0.15) is 11.5 Å². The molecule has 0 unspecified atom stereocenters. The lowest BCUT2D eigenvalue weighted by molar-refractivity contribution is 0.527. The molecule has 1 heterocycles. The van der Waals surface area contributed by atoms with Gasteiger partial charge in [0.2, 0.25) is 11.8 Å². The molecule has 15 heavy (non-hydrogen) atoms. The summed E-state index contributed by atoms with van der Waals surface area (Å²) in [5, 5.41) is 7.74. The zero-order valence-corrected chi connectivity index (χ0v) is 10.3. The van der Waals surface area contributed by atoms with Gasteiger partial charge in [-0.2, -0.15) is 0 Å². The molecule has 1 aromatic carbocycles. The predicted octanol–water partition coefficient (Wildman–Crippen LogP) is 3.55. The fraction of sp³-hybridized carbons (Fsp3) is 0.200. The molecule has 0 N–H and O–H groups in total. The van der Waals surface area contributed by atoms with Gasteiger partial charge < -0.3 is 4.42 Å². The van der Waals surface area contributed by atoms with Gasteiger partial charge in [0.25, 0.3) is 0 Å². The van der Waals surface area contributed by atoms with Gasteiger partial charge in [-0.15, -0.1) is 21.8 Å². The fourth-order valence-electron chi connectivity index (χ4n) is 1.22. The molecule has 2 rings (SSSR count). The normalized spacial score (nSPS) is 10.6. The molecule has 0 atom stereocenters. The van der Waals surface area contributed by atoms with Crippen molar-refractivity contribution in [2.45, 2.75) is 12.8 Å². The summed E-state index contributed by atoms with van der Waals surface area (Å²) in [5.41, 5.74) is 2.03. The van der Waals surface area contributed by atoms with Gasteiger partial charge in [-0.25, -0.2) is 0 Å². The molecule has 1 aromatic heterocycles. The van der Waals surface area contributed by atoms with E-state index in [1.807, 2.05) is 25.1 Å². The second-order valence-electron chi connectivity index (χ2n) is 3.12. The average Bonchev–Trinajstić information content (AvgIpc) is 2.70. The molecular formula is C10H8BrClN2O. The largest absolute Gasteiger partial charge is 0.419 e. The van der Waals surface area contributed by atoms with Crippen LogP contribution in [0, 0.1) is 6.92 Å². The van der Waals surface area contributed by atoms with E-state index in [-0.39, 0.29) is 5.88 Å². The summed E-state index contributed by atoms with van der Waals surface area (Å²) in [6.45, 7) is 2.01. The molecule has 78 valence electrons. The summed E-state index contributed by atoms with van der Waals surface area (Å²) in [7, 11) is 0. The number of hydrogen-bond donors (Lipinski definition) is 0. The summed E-state index contributed by atoms with van der Waals surface area (Å²) in [5.74, 6) is 1.15. The van der Waals surface area contributed by atoms with E-state index >= 15 is 0 Å². The molecular weight excluding hydrogens is 279 g/mol. The van der Waals surface area contributed by atoms with Crippen LogP contribution in [0.4, 0.5) is 0 Å². The predicted molar refractivity (Wildman–Crippen MR) is 61.7 cm³/mol. The molecule has 0 aliphatic carbocycles. The first kappa shape index (κ1) is 10.6. The van der Waals surface area contributed by atoms with Gasteiger partial charge in [-0.05, 0) is 35.0 Å². The second kappa shape index (κ2) is 4.33. The number of aromatic nitrogens is 2. The summed E-state index contributed by atoms with van der Waals surface area (Å²) in [6.07, 6.45) is 0. The Morgan fingerprint density at radius 3 is 2.87 bits per heavy atom. The van der Waals surface area contributed by atoms with Crippen LogP contribution in [-0.2, 0) is 5.88 Å². The van der Waals surface area contributed by atoms with Gasteiger partial charge in [-0.1, -0.05) is 11.6 Å². The lowest BCUT2D eigenvalue weighted by atomic mass is 10.1. The molecule has 0 amide bonds. The SMILES string of the molecule is Cc1ccc(Br)c(-c2nnc(CCl)o2)c1. The van der Waals surface area contributed by atoms with Crippen molar-refractivity contribution in [1.82, 2.24) is 10.2 Å². The Balaban J connectivity index is 2.48. The lowest BCUT2D eigenvalue weighted by Gasteiger charge is -2.00. The highest BCUT2D eigenvalue weighted by atomic mass is 79.9. The van der Waals surface area contributed by atoms with Crippen LogP contribution < -0.4 is 0 Å². The van der Waals surface area contributed by atoms with Gasteiger partial charge in [0, 0.05) is 4.47 Å². The van der Waals surface area contributed by atoms with Crippen LogP contribution in [0.5, 0.6) is 0 Å². The van der Waals surface area contributed by atoms with Gasteiger partial charge in [-0.3, -0.25) is 0 Å². The Morgan fingerprint density at radius 2 is 2.20 bits per heavy atom. The molecule has 3 nitrogen and oxygen atoms in total. The maximum absolute atomic E-state index is 5.59. The number of halogens is 2. The van der Waals surface area contributed by atoms with Crippen LogP contribution in [0.15, 0.2) is 27.1 Å². The molecule has 5 heteroatoms. The van der Waals surface area contributed by atoms with Crippen molar-refractivity contribution in [3.63, 3.8) is 0 Å². The van der Waals surface area contributed by atoms with Crippen molar-refractivity contribution in [2.75, 3.05) is 0 Å². The molecule has 0 radical (unpaired) electrons. The monoisotopic (exact) mass is 286 g/mol. The van der Waals surface area contributed by atoms with Crippen LogP contribution in [0.25, 0.3) is 11.5 Å². The summed E-state index contributed by atoms with van der Waals surface area (Å²) in [4.78, 5) is 0. The average molecular weight is 288 g/mol. The summed E-state index contributed by atoms with van der Waals surface area (Å²) in [6, 6.07) is 5.94. The van der Waals surface area contributed by atoms with Crippen molar-refractivity contribution in [2.24, 2.45) is 0 Å². The minimum atomic E-state index is 0.233. The molecule has 0 saturated carbocycles. The van der Waals surface area contributed by atoms with E-state index in [0.717, 1.165) is 15.6 Å². The molecule has 2 aromatic rings. The maximum Gasteiger partial charge on any atom is 0.248 e. The lowest BCUT2D eigenvalue weighted by Crippen LogP contribution is -1.81. The number of rotatable bonds is 2. The topological polar surface area (TPSA) is 38.9 Å². The van der Waals surface area contributed by atoms with Crippen molar-refractivity contribution >= 4 is 27.5 Å². The first-order valence-electron chi connectivity index (χ1n) is 4.35. The second-order valence-corrected chi connectivity index (χ2v) is 4.24. The highest BCUT2D eigenvalue weighted by Gasteiger charge is 2.10. The number of aryl methyl sites for hydroxylation is 1. The van der Waals surface area contributed by atoms with E-state index < -0.39 is 0 Å². The minimum Gasteiger partial charge on any atom is -0.419 e. The molecule has 0 spiro atoms. The van der Waals surface area contributed by atoms with Crippen molar-refractivity contribution in [3.05, 3.63) is 34.1 Å². The van der Waals surface area contributed by atoms with Gasteiger partial charge in [0.1, 0.15) is 5.88 Å². The van der Waals surface area contributed by atoms with Crippen molar-refractivity contribution in [1.29, 1.82) is 0 Å². The van der Waals surface area contributed by atoms with Crippen molar-refractivity contribution < 1.29 is 4.42 Å². The smallest absolute Gasteiger partial charge is 0.248 e. The van der Waals surface area contributed by atoms with Gasteiger partial charge in [0.15, 0.2) is 0 Å². The van der Waals surface area contributed by atoms with Crippen LogP contribution >= 0.6 is 27.5 Å². The summed E-state index contributed by atoms with van der Waals surface area (Å²) < 4.78 is 6.30. The highest BCUT2D eigenvalue weighted by Crippen LogP contribution is 2.28. The Labute approximate surface area is 101 Å². The van der Waals surface area contributed by atoms with Gasteiger partial charge in [0.05, 0.1) is 5.56 Å². The first-order chi connectivity index (χ1) is 7.20. The molecule has 0 bridgehead atoms. The minimum absolute atomic E-state index is 0.233. The molecule has 0 fully saturated rings. The Hall–Kier alpha value is -0.870. The molecule has 0 saturated heterocycles. The van der Waals surface area contributed by atoms with Crippen molar-refractivity contribution in [3.8, 4) is 11.5 Å². The number of benzene rings is 1. The first-order valence-corrected chi connectivity index (χ1v) is 5.68. The van der Waals surface area contributed by atoms with E-state index in [9.17, 15) is 0 Å². The Morgan fingerprint density at radius 1 is 1.40 bits per heavy atom. The fourth-order valence-corrected chi connectivity index (χ4v) is 1.74. The van der Waals surface area contributed by atoms with Crippen LogP contribution in [-0.4, -0.2) is 10.2 Å². The quantitative estimate of drug-likeness (QED) is 0.793. The standard InChI is InChI=1S/C10H8BrClN2O/c1-6-2-3-8(11)7(4-6)10-14-13-9(5-12)15-10/h2-4H,5H2,1H3. The number of alkyl halides is 1. The maximum atomic E-state index is 5.59. The molecule has 0 aliphatic rings. The summed E-state index contributed by atoms with van der Waals surface area (Å²) >= 11 is 9.03. The Kier molecular flexibility index (Phi) is 3.07. The molecule has 0 aliphatic heterocycles. The number of hydrogen-bond acceptors (Lipinski definition) is 3. The zero-order chi connectivity index (χ0) is 10.8. The van der Waals surface area contributed by atoms with E-state index in [1.165, 1.54) is 0 Å². The number of nitrogens with zero attached hydrogens (tertiary/aromatic N) is 2. The third kappa shape index (κ3) is 2.21. The van der Waals surface area contributed by atoms with Gasteiger partial charge >= 0.3 is 0 Å². The van der Waals surface area contributed by atoms with E-state index in [1.54, 1.807) is 0 Å². The zero-order valence-electron chi connectivity index (χ0n) is 8.00. The Bertz CT molecular complexity index is 484. The third-order valence-electron chi connectivity index (χ3n) is 1.93.